The van der Waals surface area contributed by atoms with Crippen LogP contribution in [0.3, 0.4) is 0 Å². The predicted molar refractivity (Wildman–Crippen MR) is 81.7 cm³/mol. The molecule has 0 radical (unpaired) electrons. The van der Waals surface area contributed by atoms with E-state index in [1.54, 1.807) is 7.11 Å². The summed E-state index contributed by atoms with van der Waals surface area (Å²) in [6.45, 7) is 0.954. The first kappa shape index (κ1) is 13.9. The number of alkyl halides is 1. The lowest BCUT2D eigenvalue weighted by atomic mass is 10.1. The molecular formula is C13H17ClN4OS. The van der Waals surface area contributed by atoms with Gasteiger partial charge < -0.3 is 9.30 Å². The number of rotatable bonds is 5. The number of imidazole rings is 1. The van der Waals surface area contributed by atoms with Crippen LogP contribution in [0.15, 0.2) is 6.33 Å². The largest absolute Gasteiger partial charge is 0.479 e. The molecule has 3 rings (SSSR count). The zero-order chi connectivity index (χ0) is 13.9. The first-order chi connectivity index (χ1) is 9.83. The number of hydrogen-bond acceptors (Lipinski definition) is 5. The Hall–Kier alpha value is -1.01. The van der Waals surface area contributed by atoms with Crippen molar-refractivity contribution in [1.29, 1.82) is 0 Å². The highest BCUT2D eigenvalue weighted by molar-refractivity contribution is 7.99. The van der Waals surface area contributed by atoms with Gasteiger partial charge in [0.15, 0.2) is 11.2 Å². The Kier molecular flexibility index (Phi) is 4.31. The lowest BCUT2D eigenvalue weighted by Gasteiger charge is -2.12. The molecule has 1 atom stereocenters. The zero-order valence-electron chi connectivity index (χ0n) is 11.4. The molecule has 0 aromatic carbocycles. The molecule has 1 aliphatic heterocycles. The highest BCUT2D eigenvalue weighted by Crippen LogP contribution is 2.28. The first-order valence-corrected chi connectivity index (χ1v) is 8.40. The maximum absolute atomic E-state index is 5.90. The minimum Gasteiger partial charge on any atom is -0.479 e. The molecule has 0 N–H and O–H groups in total. The maximum atomic E-state index is 5.90. The summed E-state index contributed by atoms with van der Waals surface area (Å²) in [5, 5.41) is 0. The van der Waals surface area contributed by atoms with Gasteiger partial charge in [0, 0.05) is 18.8 Å². The fourth-order valence-electron chi connectivity index (χ4n) is 2.56. The molecule has 2 aromatic rings. The molecule has 0 amide bonds. The van der Waals surface area contributed by atoms with Crippen molar-refractivity contribution in [2.45, 2.75) is 19.4 Å². The predicted octanol–water partition coefficient (Wildman–Crippen LogP) is 2.37. The summed E-state index contributed by atoms with van der Waals surface area (Å²) < 4.78 is 7.47. The number of ether oxygens (including phenoxy) is 1. The van der Waals surface area contributed by atoms with Crippen LogP contribution in [0.25, 0.3) is 11.2 Å². The number of nitrogens with zero attached hydrogens (tertiary/aromatic N) is 4. The van der Waals surface area contributed by atoms with E-state index in [9.17, 15) is 0 Å². The molecule has 2 aromatic heterocycles. The monoisotopic (exact) mass is 312 g/mol. The molecule has 1 saturated heterocycles. The van der Waals surface area contributed by atoms with Crippen LogP contribution in [0, 0.1) is 5.92 Å². The lowest BCUT2D eigenvalue weighted by molar-refractivity contribution is 0.401. The van der Waals surface area contributed by atoms with Gasteiger partial charge >= 0.3 is 0 Å². The highest BCUT2D eigenvalue weighted by atomic mass is 35.5. The number of halogens is 1. The normalized spacial score (nSPS) is 18.8. The van der Waals surface area contributed by atoms with Gasteiger partial charge in [0.1, 0.15) is 12.2 Å². The van der Waals surface area contributed by atoms with Crippen LogP contribution in [0.4, 0.5) is 0 Å². The number of thioether (sulfide) groups is 1. The van der Waals surface area contributed by atoms with E-state index in [4.69, 9.17) is 16.3 Å². The second kappa shape index (κ2) is 6.18. The molecule has 0 bridgehead atoms. The van der Waals surface area contributed by atoms with Crippen molar-refractivity contribution >= 4 is 34.5 Å². The van der Waals surface area contributed by atoms with E-state index >= 15 is 0 Å². The van der Waals surface area contributed by atoms with Gasteiger partial charge in [0.25, 0.3) is 0 Å². The fraction of sp³-hybridized carbons (Fsp3) is 0.615. The average molecular weight is 313 g/mol. The third-order valence-electron chi connectivity index (χ3n) is 3.55. The maximum Gasteiger partial charge on any atom is 0.245 e. The number of methoxy groups -OCH3 is 1. The molecule has 5 nitrogen and oxygen atoms in total. The van der Waals surface area contributed by atoms with E-state index < -0.39 is 0 Å². The van der Waals surface area contributed by atoms with Crippen LogP contribution in [-0.2, 0) is 13.0 Å². The summed E-state index contributed by atoms with van der Waals surface area (Å²) in [6.07, 6.45) is 3.53. The zero-order valence-corrected chi connectivity index (χ0v) is 13.0. The van der Waals surface area contributed by atoms with Crippen molar-refractivity contribution in [1.82, 2.24) is 19.5 Å². The van der Waals surface area contributed by atoms with Gasteiger partial charge in [0.2, 0.25) is 5.88 Å². The molecule has 108 valence electrons. The van der Waals surface area contributed by atoms with E-state index in [0.717, 1.165) is 30.0 Å². The van der Waals surface area contributed by atoms with E-state index in [0.29, 0.717) is 17.7 Å². The van der Waals surface area contributed by atoms with E-state index in [1.807, 2.05) is 11.8 Å². The Morgan fingerprint density at radius 1 is 1.50 bits per heavy atom. The Labute approximate surface area is 127 Å². The summed E-state index contributed by atoms with van der Waals surface area (Å²) in [6, 6.07) is 0. The number of hydrogen-bond donors (Lipinski definition) is 0. The SMILES string of the molecule is COc1ncnc2c1nc(CCCl)n2CC1CCSC1. The van der Waals surface area contributed by atoms with Crippen molar-refractivity contribution in [3.05, 3.63) is 12.2 Å². The number of aryl methyl sites for hydroxylation is 1. The average Bonchev–Trinajstić information content (AvgIpc) is 3.08. The van der Waals surface area contributed by atoms with Crippen molar-refractivity contribution in [2.75, 3.05) is 24.5 Å². The van der Waals surface area contributed by atoms with E-state index in [1.165, 1.54) is 24.3 Å². The van der Waals surface area contributed by atoms with Crippen LogP contribution >= 0.6 is 23.4 Å². The summed E-state index contributed by atoms with van der Waals surface area (Å²) in [4.78, 5) is 13.2. The molecule has 7 heteroatoms. The van der Waals surface area contributed by atoms with Crippen LogP contribution < -0.4 is 4.74 Å². The molecule has 20 heavy (non-hydrogen) atoms. The number of aromatic nitrogens is 4. The molecule has 1 aliphatic rings. The summed E-state index contributed by atoms with van der Waals surface area (Å²) in [5.41, 5.74) is 1.59. The molecule has 1 unspecified atom stereocenters. The summed E-state index contributed by atoms with van der Waals surface area (Å²) in [7, 11) is 1.61. The second-order valence-electron chi connectivity index (χ2n) is 4.86. The van der Waals surface area contributed by atoms with Gasteiger partial charge in [-0.25, -0.2) is 9.97 Å². The van der Waals surface area contributed by atoms with Gasteiger partial charge in [-0.1, -0.05) is 0 Å². The van der Waals surface area contributed by atoms with E-state index in [-0.39, 0.29) is 0 Å². The molecule has 3 heterocycles. The smallest absolute Gasteiger partial charge is 0.245 e. The number of fused-ring (bicyclic) bond motifs is 1. The molecule has 1 fully saturated rings. The molecule has 0 aliphatic carbocycles. The Morgan fingerprint density at radius 2 is 2.40 bits per heavy atom. The third kappa shape index (κ3) is 2.59. The van der Waals surface area contributed by atoms with Crippen LogP contribution in [0.5, 0.6) is 5.88 Å². The first-order valence-electron chi connectivity index (χ1n) is 6.71. The Balaban J connectivity index is 2.03. The highest BCUT2D eigenvalue weighted by Gasteiger charge is 2.21. The van der Waals surface area contributed by atoms with E-state index in [2.05, 4.69) is 19.5 Å². The third-order valence-corrected chi connectivity index (χ3v) is 4.97. The van der Waals surface area contributed by atoms with Crippen molar-refractivity contribution in [3.8, 4) is 5.88 Å². The van der Waals surface area contributed by atoms with Crippen LogP contribution in [0.2, 0.25) is 0 Å². The van der Waals surface area contributed by atoms with Crippen LogP contribution in [0.1, 0.15) is 12.2 Å². The summed E-state index contributed by atoms with van der Waals surface area (Å²) in [5.74, 6) is 5.21. The second-order valence-corrected chi connectivity index (χ2v) is 6.39. The quantitative estimate of drug-likeness (QED) is 0.793. The van der Waals surface area contributed by atoms with Gasteiger partial charge in [-0.2, -0.15) is 16.7 Å². The van der Waals surface area contributed by atoms with Gasteiger partial charge in [-0.3, -0.25) is 0 Å². The minimum atomic E-state index is 0.533. The van der Waals surface area contributed by atoms with Crippen LogP contribution in [-0.4, -0.2) is 44.0 Å². The lowest BCUT2D eigenvalue weighted by Crippen LogP contribution is -2.13. The van der Waals surface area contributed by atoms with Crippen molar-refractivity contribution in [3.63, 3.8) is 0 Å². The molecule has 0 spiro atoms. The van der Waals surface area contributed by atoms with Crippen molar-refractivity contribution in [2.24, 2.45) is 5.92 Å². The molecular weight excluding hydrogens is 296 g/mol. The standard InChI is InChI=1S/C13H17ClN4OS/c1-19-13-11-12(15-8-16-13)18(10(17-11)2-4-14)6-9-3-5-20-7-9/h8-9H,2-7H2,1H3. The van der Waals surface area contributed by atoms with Gasteiger partial charge in [-0.15, -0.1) is 11.6 Å². The topological polar surface area (TPSA) is 52.8 Å². The summed E-state index contributed by atoms with van der Waals surface area (Å²) >= 11 is 7.92. The Bertz CT molecular complexity index is 597. The fourth-order valence-corrected chi connectivity index (χ4v) is 4.00. The Morgan fingerprint density at radius 3 is 3.10 bits per heavy atom. The molecule has 0 saturated carbocycles. The van der Waals surface area contributed by atoms with Crippen molar-refractivity contribution < 1.29 is 4.74 Å². The minimum absolute atomic E-state index is 0.533. The van der Waals surface area contributed by atoms with Gasteiger partial charge in [-0.05, 0) is 23.8 Å². The van der Waals surface area contributed by atoms with Gasteiger partial charge in [0.05, 0.1) is 7.11 Å².